The SMILES string of the molecule is CC(O)C(=O)ONOC(=O)C(C)O. The molecule has 7 nitrogen and oxygen atoms in total. The van der Waals surface area contributed by atoms with Crippen LogP contribution in [-0.4, -0.2) is 34.4 Å². The van der Waals surface area contributed by atoms with E-state index in [1.54, 1.807) is 0 Å². The van der Waals surface area contributed by atoms with Crippen molar-refractivity contribution in [2.45, 2.75) is 26.1 Å². The predicted octanol–water partition coefficient (Wildman–Crippen LogP) is -1.75. The maximum Gasteiger partial charge on any atom is 0.356 e. The minimum Gasteiger partial charge on any atom is -0.382 e. The van der Waals surface area contributed by atoms with Crippen LogP contribution in [0.3, 0.4) is 0 Å². The monoisotopic (exact) mass is 193 g/mol. The van der Waals surface area contributed by atoms with Crippen molar-refractivity contribution in [1.82, 2.24) is 5.64 Å². The van der Waals surface area contributed by atoms with E-state index in [1.807, 2.05) is 0 Å². The molecule has 0 fully saturated rings. The van der Waals surface area contributed by atoms with E-state index in [-0.39, 0.29) is 0 Å². The highest BCUT2D eigenvalue weighted by molar-refractivity contribution is 5.74. The first-order chi connectivity index (χ1) is 5.95. The van der Waals surface area contributed by atoms with E-state index in [2.05, 4.69) is 9.68 Å². The third-order valence-corrected chi connectivity index (χ3v) is 0.967. The maximum atomic E-state index is 10.5. The number of hydrogen-bond acceptors (Lipinski definition) is 7. The van der Waals surface area contributed by atoms with Crippen molar-refractivity contribution in [3.05, 3.63) is 0 Å². The summed E-state index contributed by atoms with van der Waals surface area (Å²) in [4.78, 5) is 29.1. The predicted molar refractivity (Wildman–Crippen MR) is 38.7 cm³/mol. The van der Waals surface area contributed by atoms with Crippen molar-refractivity contribution in [1.29, 1.82) is 0 Å². The van der Waals surface area contributed by atoms with Gasteiger partial charge in [0.25, 0.3) is 0 Å². The van der Waals surface area contributed by atoms with Gasteiger partial charge in [0, 0.05) is 5.64 Å². The highest BCUT2D eigenvalue weighted by Crippen LogP contribution is 1.86. The average molecular weight is 193 g/mol. The molecule has 0 bridgehead atoms. The molecule has 3 N–H and O–H groups in total. The zero-order valence-corrected chi connectivity index (χ0v) is 7.18. The molecule has 0 spiro atoms. The minimum atomic E-state index is -1.32. The lowest BCUT2D eigenvalue weighted by atomic mass is 10.4. The first kappa shape index (κ1) is 11.8. The summed E-state index contributed by atoms with van der Waals surface area (Å²) in [5.74, 6) is -2.00. The summed E-state index contributed by atoms with van der Waals surface area (Å²) in [5, 5.41) is 17.2. The van der Waals surface area contributed by atoms with E-state index in [1.165, 1.54) is 19.5 Å². The van der Waals surface area contributed by atoms with Crippen molar-refractivity contribution in [3.8, 4) is 0 Å². The molecule has 0 rings (SSSR count). The second-order valence-electron chi connectivity index (χ2n) is 2.28. The van der Waals surface area contributed by atoms with Crippen molar-refractivity contribution in [3.63, 3.8) is 0 Å². The lowest BCUT2D eigenvalue weighted by Gasteiger charge is -2.07. The third kappa shape index (κ3) is 5.12. The van der Waals surface area contributed by atoms with Crippen molar-refractivity contribution >= 4 is 11.9 Å². The first-order valence-corrected chi connectivity index (χ1v) is 3.47. The minimum absolute atomic E-state index is 1.00. The molecular formula is C6H11NO6. The number of carbonyl (C=O) groups excluding carboxylic acids is 2. The summed E-state index contributed by atoms with van der Waals surface area (Å²) in [6.45, 7) is 2.36. The van der Waals surface area contributed by atoms with Gasteiger partial charge in [-0.05, 0) is 13.8 Å². The van der Waals surface area contributed by atoms with Crippen LogP contribution >= 0.6 is 0 Å². The van der Waals surface area contributed by atoms with Gasteiger partial charge in [-0.15, -0.1) is 0 Å². The molecule has 0 aliphatic rings. The molecule has 0 aromatic heterocycles. The normalized spacial score (nSPS) is 14.5. The number of aliphatic hydroxyl groups is 2. The second kappa shape index (κ2) is 5.46. The van der Waals surface area contributed by atoms with Crippen molar-refractivity contribution in [2.24, 2.45) is 0 Å². The van der Waals surface area contributed by atoms with Gasteiger partial charge in [0.15, 0.2) is 12.2 Å². The largest absolute Gasteiger partial charge is 0.382 e. The molecule has 0 aliphatic heterocycles. The molecule has 0 radical (unpaired) electrons. The van der Waals surface area contributed by atoms with Crippen LogP contribution in [0.2, 0.25) is 0 Å². The molecule has 0 saturated carbocycles. The maximum absolute atomic E-state index is 10.5. The number of aliphatic hydroxyl groups excluding tert-OH is 2. The van der Waals surface area contributed by atoms with Crippen molar-refractivity contribution in [2.75, 3.05) is 0 Å². The summed E-state index contributed by atoms with van der Waals surface area (Å²) in [6.07, 6.45) is -2.64. The summed E-state index contributed by atoms with van der Waals surface area (Å²) in [7, 11) is 0. The lowest BCUT2D eigenvalue weighted by Crippen LogP contribution is -2.32. The van der Waals surface area contributed by atoms with Gasteiger partial charge in [-0.3, -0.25) is 0 Å². The Morgan fingerprint density at radius 1 is 1.08 bits per heavy atom. The summed E-state index contributed by atoms with van der Waals surface area (Å²) >= 11 is 0. The van der Waals surface area contributed by atoms with E-state index in [4.69, 9.17) is 10.2 Å². The Kier molecular flexibility index (Phi) is 4.97. The average Bonchev–Trinajstić information content (AvgIpc) is 2.03. The van der Waals surface area contributed by atoms with Gasteiger partial charge >= 0.3 is 11.9 Å². The fraction of sp³-hybridized carbons (Fsp3) is 0.667. The molecule has 0 aromatic carbocycles. The Bertz CT molecular complexity index is 170. The zero-order valence-electron chi connectivity index (χ0n) is 7.18. The van der Waals surface area contributed by atoms with Crippen LogP contribution in [-0.2, 0) is 19.3 Å². The molecule has 0 aromatic rings. The molecule has 0 aliphatic carbocycles. The molecule has 7 heteroatoms. The van der Waals surface area contributed by atoms with E-state index >= 15 is 0 Å². The van der Waals surface area contributed by atoms with Gasteiger partial charge in [-0.2, -0.15) is 0 Å². The highest BCUT2D eigenvalue weighted by Gasteiger charge is 2.13. The number of carbonyl (C=O) groups is 2. The van der Waals surface area contributed by atoms with E-state index in [9.17, 15) is 9.59 Å². The van der Waals surface area contributed by atoms with E-state index in [0.717, 1.165) is 0 Å². The van der Waals surface area contributed by atoms with Crippen LogP contribution in [0, 0.1) is 0 Å². The number of hydrogen-bond donors (Lipinski definition) is 3. The molecule has 76 valence electrons. The summed E-state index contributed by atoms with van der Waals surface area (Å²) in [6, 6.07) is 0. The molecule has 0 saturated heterocycles. The Hall–Kier alpha value is -1.18. The van der Waals surface area contributed by atoms with Gasteiger partial charge in [0.1, 0.15) is 0 Å². The fourth-order valence-electron chi connectivity index (χ4n) is 0.274. The Balaban J connectivity index is 3.57. The molecule has 2 atom stereocenters. The Morgan fingerprint density at radius 3 is 1.62 bits per heavy atom. The van der Waals surface area contributed by atoms with Crippen LogP contribution in [0.1, 0.15) is 13.8 Å². The van der Waals surface area contributed by atoms with Crippen LogP contribution in [0.25, 0.3) is 0 Å². The fourth-order valence-corrected chi connectivity index (χ4v) is 0.274. The van der Waals surface area contributed by atoms with Gasteiger partial charge in [0.2, 0.25) is 0 Å². The summed E-state index contributed by atoms with van der Waals surface area (Å²) in [5.41, 5.74) is 1.53. The van der Waals surface area contributed by atoms with Gasteiger partial charge in [0.05, 0.1) is 0 Å². The Morgan fingerprint density at radius 2 is 1.38 bits per heavy atom. The lowest BCUT2D eigenvalue weighted by molar-refractivity contribution is -0.208. The van der Waals surface area contributed by atoms with Gasteiger partial charge < -0.3 is 19.9 Å². The van der Waals surface area contributed by atoms with Crippen LogP contribution in [0.4, 0.5) is 0 Å². The standard InChI is InChI=1S/C6H11NO6/c1-3(8)5(10)12-7-13-6(11)4(2)9/h3-4,7-9H,1-2H3. The van der Waals surface area contributed by atoms with Crippen LogP contribution in [0.15, 0.2) is 0 Å². The number of nitrogens with one attached hydrogen (secondary N) is 1. The van der Waals surface area contributed by atoms with Crippen LogP contribution in [0.5, 0.6) is 0 Å². The van der Waals surface area contributed by atoms with Gasteiger partial charge in [-0.25, -0.2) is 9.59 Å². The van der Waals surface area contributed by atoms with Crippen molar-refractivity contribution < 1.29 is 29.5 Å². The first-order valence-electron chi connectivity index (χ1n) is 3.47. The zero-order chi connectivity index (χ0) is 10.4. The van der Waals surface area contributed by atoms with Crippen LogP contribution < -0.4 is 5.64 Å². The Labute approximate surface area is 74.2 Å². The van der Waals surface area contributed by atoms with E-state index in [0.29, 0.717) is 0 Å². The van der Waals surface area contributed by atoms with E-state index < -0.39 is 24.1 Å². The van der Waals surface area contributed by atoms with Gasteiger partial charge in [-0.1, -0.05) is 0 Å². The molecular weight excluding hydrogens is 182 g/mol. The highest BCUT2D eigenvalue weighted by atomic mass is 16.9. The third-order valence-electron chi connectivity index (χ3n) is 0.967. The summed E-state index contributed by atoms with van der Waals surface area (Å²) < 4.78 is 0. The second-order valence-corrected chi connectivity index (χ2v) is 2.28. The quantitative estimate of drug-likeness (QED) is 0.455. The number of rotatable bonds is 4. The smallest absolute Gasteiger partial charge is 0.356 e. The molecule has 13 heavy (non-hydrogen) atoms. The molecule has 2 unspecified atom stereocenters. The molecule has 0 heterocycles. The topological polar surface area (TPSA) is 105 Å². The molecule has 0 amide bonds.